The van der Waals surface area contributed by atoms with E-state index in [9.17, 15) is 9.59 Å². The van der Waals surface area contributed by atoms with Crippen molar-refractivity contribution in [2.75, 3.05) is 26.2 Å². The molecule has 0 aliphatic carbocycles. The van der Waals surface area contributed by atoms with Crippen LogP contribution < -0.4 is 11.5 Å². The molecule has 3 heterocycles. The van der Waals surface area contributed by atoms with Gasteiger partial charge in [0.1, 0.15) is 0 Å². The number of aryl methyl sites for hydroxylation is 1. The summed E-state index contributed by atoms with van der Waals surface area (Å²) in [5, 5.41) is 1.26. The van der Waals surface area contributed by atoms with E-state index in [0.717, 1.165) is 16.6 Å². The van der Waals surface area contributed by atoms with Gasteiger partial charge in [-0.15, -0.1) is 0 Å². The SMILES string of the molecule is CCCOC(=O)N1CCN(C(=O)c2ccc3c(Cl)cc(-c4ccc(C)nc4)nc3c2)CC1(N)N. The van der Waals surface area contributed by atoms with E-state index in [-0.39, 0.29) is 32.1 Å². The molecule has 178 valence electrons. The number of pyridine rings is 2. The Morgan fingerprint density at radius 2 is 1.97 bits per heavy atom. The van der Waals surface area contributed by atoms with Crippen LogP contribution in [-0.2, 0) is 4.74 Å². The van der Waals surface area contributed by atoms with Crippen LogP contribution in [0.3, 0.4) is 0 Å². The number of fused-ring (bicyclic) bond motifs is 1. The van der Waals surface area contributed by atoms with Gasteiger partial charge >= 0.3 is 6.09 Å². The third-order valence-corrected chi connectivity index (χ3v) is 6.00. The molecule has 3 aromatic rings. The Morgan fingerprint density at radius 1 is 1.18 bits per heavy atom. The second-order valence-corrected chi connectivity index (χ2v) is 8.80. The van der Waals surface area contributed by atoms with E-state index in [4.69, 9.17) is 32.8 Å². The van der Waals surface area contributed by atoms with Crippen molar-refractivity contribution in [2.45, 2.75) is 26.1 Å². The second kappa shape index (κ2) is 9.54. The van der Waals surface area contributed by atoms with Crippen molar-refractivity contribution >= 4 is 34.5 Å². The van der Waals surface area contributed by atoms with Gasteiger partial charge in [0.15, 0.2) is 5.79 Å². The summed E-state index contributed by atoms with van der Waals surface area (Å²) in [6.07, 6.45) is 1.85. The Kier molecular flexibility index (Phi) is 6.70. The topological polar surface area (TPSA) is 128 Å². The lowest BCUT2D eigenvalue weighted by Crippen LogP contribution is -2.74. The molecule has 0 radical (unpaired) electrons. The molecule has 2 aromatic heterocycles. The summed E-state index contributed by atoms with van der Waals surface area (Å²) in [7, 11) is 0. The molecule has 1 aliphatic heterocycles. The minimum atomic E-state index is -1.54. The predicted molar refractivity (Wildman–Crippen MR) is 130 cm³/mol. The van der Waals surface area contributed by atoms with Crippen molar-refractivity contribution in [1.82, 2.24) is 19.8 Å². The van der Waals surface area contributed by atoms with Crippen molar-refractivity contribution in [2.24, 2.45) is 11.5 Å². The van der Waals surface area contributed by atoms with Gasteiger partial charge in [-0.25, -0.2) is 9.78 Å². The number of rotatable bonds is 4. The first kappa shape index (κ1) is 23.9. The van der Waals surface area contributed by atoms with Crippen molar-refractivity contribution in [3.05, 3.63) is 58.9 Å². The van der Waals surface area contributed by atoms with Crippen LogP contribution in [0.1, 0.15) is 29.4 Å². The second-order valence-electron chi connectivity index (χ2n) is 8.39. The molecule has 10 heteroatoms. The minimum absolute atomic E-state index is 0.0334. The molecule has 0 unspecified atom stereocenters. The van der Waals surface area contributed by atoms with Crippen molar-refractivity contribution in [3.8, 4) is 11.3 Å². The Hall–Kier alpha value is -3.27. The fourth-order valence-electron chi connectivity index (χ4n) is 3.87. The lowest BCUT2D eigenvalue weighted by molar-refractivity contribution is 0.00152. The fourth-order valence-corrected chi connectivity index (χ4v) is 4.13. The minimum Gasteiger partial charge on any atom is -0.449 e. The molecule has 0 spiro atoms. The van der Waals surface area contributed by atoms with Gasteiger partial charge in [0.05, 0.1) is 29.4 Å². The smallest absolute Gasteiger partial charge is 0.412 e. The number of aromatic nitrogens is 2. The molecular formula is C24H27ClN6O3. The molecule has 1 aliphatic rings. The number of hydrogen-bond acceptors (Lipinski definition) is 7. The van der Waals surface area contributed by atoms with Gasteiger partial charge in [-0.2, -0.15) is 0 Å². The zero-order valence-electron chi connectivity index (χ0n) is 19.1. The monoisotopic (exact) mass is 482 g/mol. The zero-order valence-corrected chi connectivity index (χ0v) is 19.9. The van der Waals surface area contributed by atoms with Gasteiger partial charge in [-0.3, -0.25) is 26.1 Å². The first-order valence-electron chi connectivity index (χ1n) is 11.0. The van der Waals surface area contributed by atoms with Crippen LogP contribution in [0, 0.1) is 6.92 Å². The molecule has 9 nitrogen and oxygen atoms in total. The van der Waals surface area contributed by atoms with Crippen molar-refractivity contribution < 1.29 is 14.3 Å². The predicted octanol–water partition coefficient (Wildman–Crippen LogP) is 3.13. The summed E-state index contributed by atoms with van der Waals surface area (Å²) in [4.78, 5) is 37.4. The fraction of sp³-hybridized carbons (Fsp3) is 0.333. The highest BCUT2D eigenvalue weighted by molar-refractivity contribution is 6.35. The summed E-state index contributed by atoms with van der Waals surface area (Å²) >= 11 is 6.51. The van der Waals surface area contributed by atoms with Crippen molar-refractivity contribution in [3.63, 3.8) is 0 Å². The molecular weight excluding hydrogens is 456 g/mol. The molecule has 2 amide bonds. The summed E-state index contributed by atoms with van der Waals surface area (Å²) in [5.74, 6) is -1.80. The zero-order chi connectivity index (χ0) is 24.5. The van der Waals surface area contributed by atoms with Crippen LogP contribution in [0.4, 0.5) is 4.79 Å². The molecule has 0 saturated carbocycles. The van der Waals surface area contributed by atoms with Gasteiger partial charge in [-0.1, -0.05) is 24.6 Å². The number of carbonyl (C=O) groups is 2. The number of nitrogens with zero attached hydrogens (tertiary/aromatic N) is 4. The molecule has 0 atom stereocenters. The van der Waals surface area contributed by atoms with Crippen LogP contribution in [0.25, 0.3) is 22.2 Å². The van der Waals surface area contributed by atoms with Crippen molar-refractivity contribution in [1.29, 1.82) is 0 Å². The van der Waals surface area contributed by atoms with Crippen LogP contribution in [0.5, 0.6) is 0 Å². The number of piperazine rings is 1. The normalized spacial score (nSPS) is 15.4. The maximum atomic E-state index is 13.3. The Labute approximate surface area is 202 Å². The van der Waals surface area contributed by atoms with Crippen LogP contribution >= 0.6 is 11.6 Å². The molecule has 1 saturated heterocycles. The summed E-state index contributed by atoms with van der Waals surface area (Å²) in [6, 6.07) is 10.8. The highest BCUT2D eigenvalue weighted by Crippen LogP contribution is 2.29. The molecule has 0 bridgehead atoms. The number of benzene rings is 1. The van der Waals surface area contributed by atoms with Gasteiger partial charge < -0.3 is 9.64 Å². The number of halogens is 1. The van der Waals surface area contributed by atoms with E-state index in [1.54, 1.807) is 30.5 Å². The lowest BCUT2D eigenvalue weighted by atomic mass is 10.1. The third-order valence-electron chi connectivity index (χ3n) is 5.69. The Bertz CT molecular complexity index is 1230. The summed E-state index contributed by atoms with van der Waals surface area (Å²) in [5.41, 5.74) is 15.8. The van der Waals surface area contributed by atoms with E-state index < -0.39 is 11.9 Å². The van der Waals surface area contributed by atoms with Crippen LogP contribution in [-0.4, -0.2) is 63.8 Å². The molecule has 34 heavy (non-hydrogen) atoms. The van der Waals surface area contributed by atoms with E-state index in [0.29, 0.717) is 28.2 Å². The van der Waals surface area contributed by atoms with Gasteiger partial charge in [0.2, 0.25) is 0 Å². The van der Waals surface area contributed by atoms with Crippen LogP contribution in [0.15, 0.2) is 42.6 Å². The maximum absolute atomic E-state index is 13.3. The average molecular weight is 483 g/mol. The Balaban J connectivity index is 1.58. The van der Waals surface area contributed by atoms with E-state index in [2.05, 4.69) is 4.98 Å². The number of carbonyl (C=O) groups excluding carboxylic acids is 2. The number of ether oxygens (including phenoxy) is 1. The number of nitrogens with two attached hydrogens (primary N) is 2. The highest BCUT2D eigenvalue weighted by Gasteiger charge is 2.40. The summed E-state index contributed by atoms with van der Waals surface area (Å²) in [6.45, 7) is 4.50. The van der Waals surface area contributed by atoms with Gasteiger partial charge in [-0.05, 0) is 43.7 Å². The first-order chi connectivity index (χ1) is 16.2. The highest BCUT2D eigenvalue weighted by atomic mass is 35.5. The van der Waals surface area contributed by atoms with E-state index >= 15 is 0 Å². The first-order valence-corrected chi connectivity index (χ1v) is 11.4. The van der Waals surface area contributed by atoms with Gasteiger partial charge in [0, 0.05) is 41.5 Å². The van der Waals surface area contributed by atoms with Crippen LogP contribution in [0.2, 0.25) is 5.02 Å². The molecule has 1 aromatic carbocycles. The van der Waals surface area contributed by atoms with E-state index in [1.807, 2.05) is 26.0 Å². The molecule has 1 fully saturated rings. The maximum Gasteiger partial charge on any atom is 0.412 e. The number of hydrogen-bond donors (Lipinski definition) is 2. The largest absolute Gasteiger partial charge is 0.449 e. The quantitative estimate of drug-likeness (QED) is 0.546. The molecule has 4 rings (SSSR count). The third kappa shape index (κ3) is 4.82. The standard InChI is InChI=1S/C24H27ClN6O3/c1-3-10-34-23(33)31-9-8-30(14-24(31,26)27)22(32)16-6-7-18-19(25)12-20(29-21(18)11-16)17-5-4-15(2)28-13-17/h4-7,11-13H,3,8-10,14,26-27H2,1-2H3. The number of amides is 2. The molecule has 4 N–H and O–H groups in total. The summed E-state index contributed by atoms with van der Waals surface area (Å²) < 4.78 is 5.16. The lowest BCUT2D eigenvalue weighted by Gasteiger charge is -2.45. The van der Waals surface area contributed by atoms with E-state index in [1.165, 1.54) is 9.80 Å². The Morgan fingerprint density at radius 3 is 2.65 bits per heavy atom. The van der Waals surface area contributed by atoms with Gasteiger partial charge in [0.25, 0.3) is 5.91 Å². The average Bonchev–Trinajstić information content (AvgIpc) is 2.81.